The summed E-state index contributed by atoms with van der Waals surface area (Å²) in [6.07, 6.45) is 1.46. The molecule has 0 aromatic heterocycles. The molecular formula is C24H25ClN2O2. The minimum atomic E-state index is -0.329. The van der Waals surface area contributed by atoms with Gasteiger partial charge in [-0.3, -0.25) is 9.59 Å². The van der Waals surface area contributed by atoms with Crippen molar-refractivity contribution in [1.82, 2.24) is 5.32 Å². The molecule has 3 rings (SSSR count). The fourth-order valence-electron chi connectivity index (χ4n) is 3.35. The molecule has 4 nitrogen and oxygen atoms in total. The molecular weight excluding hydrogens is 384 g/mol. The number of nitrogens with one attached hydrogen (secondary N) is 1. The first-order valence-corrected chi connectivity index (χ1v) is 10.1. The number of fused-ring (bicyclic) bond motifs is 1. The van der Waals surface area contributed by atoms with Crippen LogP contribution in [0.3, 0.4) is 0 Å². The van der Waals surface area contributed by atoms with Gasteiger partial charge in [0.1, 0.15) is 0 Å². The maximum Gasteiger partial charge on any atom is 0.224 e. The number of amides is 1. The van der Waals surface area contributed by atoms with Crippen LogP contribution in [0.25, 0.3) is 10.8 Å². The third-order valence-electron chi connectivity index (χ3n) is 4.96. The minimum Gasteiger partial charge on any atom is -0.374 e. The molecule has 29 heavy (non-hydrogen) atoms. The standard InChI is InChI=1S/C24H25ClN2O2/c1-27(15-13-23(25)28)21-11-10-19-8-5-9-20(22(19)17-21)12-14-26-24(29)16-18-6-3-2-4-7-18/h2-11,17H,12-16H2,1H3,(H,26,29). The second-order valence-electron chi connectivity index (χ2n) is 7.11. The summed E-state index contributed by atoms with van der Waals surface area (Å²) in [6, 6.07) is 22.2. The van der Waals surface area contributed by atoms with Crippen LogP contribution in [0, 0.1) is 0 Å². The topological polar surface area (TPSA) is 49.4 Å². The number of carbonyl (C=O) groups excluding carboxylic acids is 2. The first-order chi connectivity index (χ1) is 14.0. The number of nitrogens with zero attached hydrogens (tertiary/aromatic N) is 1. The lowest BCUT2D eigenvalue weighted by Crippen LogP contribution is -2.27. The summed E-state index contributed by atoms with van der Waals surface area (Å²) in [7, 11) is 1.95. The lowest BCUT2D eigenvalue weighted by atomic mass is 10.0. The van der Waals surface area contributed by atoms with Gasteiger partial charge in [-0.25, -0.2) is 0 Å². The Bertz CT molecular complexity index is 989. The van der Waals surface area contributed by atoms with Crippen LogP contribution in [0.4, 0.5) is 5.69 Å². The quantitative estimate of drug-likeness (QED) is 0.536. The van der Waals surface area contributed by atoms with Crippen molar-refractivity contribution >= 4 is 39.2 Å². The second-order valence-corrected chi connectivity index (χ2v) is 7.53. The predicted molar refractivity (Wildman–Crippen MR) is 120 cm³/mol. The Hall–Kier alpha value is -2.85. The molecule has 0 saturated carbocycles. The van der Waals surface area contributed by atoms with Crippen molar-refractivity contribution < 1.29 is 9.59 Å². The number of benzene rings is 3. The number of carbonyl (C=O) groups is 2. The molecule has 0 atom stereocenters. The third-order valence-corrected chi connectivity index (χ3v) is 5.15. The fourth-order valence-corrected chi connectivity index (χ4v) is 3.43. The highest BCUT2D eigenvalue weighted by Gasteiger charge is 2.08. The molecule has 0 radical (unpaired) electrons. The van der Waals surface area contributed by atoms with Crippen LogP contribution in [0.15, 0.2) is 66.7 Å². The second kappa shape index (κ2) is 10.1. The first kappa shape index (κ1) is 20.9. The molecule has 1 N–H and O–H groups in total. The predicted octanol–water partition coefficient (Wildman–Crippen LogP) is 4.33. The van der Waals surface area contributed by atoms with Crippen LogP contribution >= 0.6 is 11.6 Å². The van der Waals surface area contributed by atoms with E-state index in [-0.39, 0.29) is 11.1 Å². The summed E-state index contributed by atoms with van der Waals surface area (Å²) in [5, 5.41) is 5.00. The van der Waals surface area contributed by atoms with Crippen molar-refractivity contribution in [2.24, 2.45) is 0 Å². The van der Waals surface area contributed by atoms with Gasteiger partial charge in [0, 0.05) is 32.2 Å². The Morgan fingerprint density at radius 2 is 1.79 bits per heavy atom. The van der Waals surface area contributed by atoms with Gasteiger partial charge >= 0.3 is 0 Å². The molecule has 0 bridgehead atoms. The summed E-state index contributed by atoms with van der Waals surface area (Å²) in [5.41, 5.74) is 3.24. The molecule has 0 aliphatic rings. The highest BCUT2D eigenvalue weighted by atomic mass is 35.5. The van der Waals surface area contributed by atoms with Gasteiger partial charge in [0.2, 0.25) is 11.1 Å². The average molecular weight is 409 g/mol. The van der Waals surface area contributed by atoms with E-state index in [0.717, 1.165) is 28.4 Å². The van der Waals surface area contributed by atoms with Crippen LogP contribution in [-0.2, 0) is 22.4 Å². The Labute approximate surface area is 176 Å². The van der Waals surface area contributed by atoms with Crippen molar-refractivity contribution in [2.45, 2.75) is 19.3 Å². The average Bonchev–Trinajstić information content (AvgIpc) is 2.72. The Morgan fingerprint density at radius 3 is 2.55 bits per heavy atom. The number of halogens is 1. The lowest BCUT2D eigenvalue weighted by Gasteiger charge is -2.19. The van der Waals surface area contributed by atoms with E-state index in [1.807, 2.05) is 54.4 Å². The highest BCUT2D eigenvalue weighted by molar-refractivity contribution is 6.63. The number of hydrogen-bond acceptors (Lipinski definition) is 3. The maximum absolute atomic E-state index is 12.2. The van der Waals surface area contributed by atoms with Crippen molar-refractivity contribution in [1.29, 1.82) is 0 Å². The van der Waals surface area contributed by atoms with Crippen molar-refractivity contribution in [2.75, 3.05) is 25.0 Å². The van der Waals surface area contributed by atoms with E-state index < -0.39 is 0 Å². The summed E-state index contributed by atoms with van der Waals surface area (Å²) in [4.78, 5) is 25.2. The van der Waals surface area contributed by atoms with E-state index in [0.29, 0.717) is 25.9 Å². The molecule has 3 aromatic carbocycles. The zero-order chi connectivity index (χ0) is 20.6. The highest BCUT2D eigenvalue weighted by Crippen LogP contribution is 2.25. The summed E-state index contributed by atoms with van der Waals surface area (Å²) < 4.78 is 0. The molecule has 0 aliphatic carbocycles. The molecule has 5 heteroatoms. The number of anilines is 1. The van der Waals surface area contributed by atoms with Gasteiger partial charge in [0.15, 0.2) is 0 Å². The van der Waals surface area contributed by atoms with Crippen LogP contribution in [0.5, 0.6) is 0 Å². The number of hydrogen-bond donors (Lipinski definition) is 1. The molecule has 0 aliphatic heterocycles. The van der Waals surface area contributed by atoms with E-state index in [2.05, 4.69) is 29.6 Å². The van der Waals surface area contributed by atoms with Crippen LogP contribution in [-0.4, -0.2) is 31.3 Å². The Morgan fingerprint density at radius 1 is 1.00 bits per heavy atom. The fraction of sp³-hybridized carbons (Fsp3) is 0.250. The van der Waals surface area contributed by atoms with Gasteiger partial charge in [-0.2, -0.15) is 0 Å². The smallest absolute Gasteiger partial charge is 0.224 e. The molecule has 0 unspecified atom stereocenters. The van der Waals surface area contributed by atoms with Gasteiger partial charge in [-0.15, -0.1) is 0 Å². The Kier molecular flexibility index (Phi) is 7.25. The monoisotopic (exact) mass is 408 g/mol. The SMILES string of the molecule is CN(CCC(=O)Cl)c1ccc2cccc(CCNC(=O)Cc3ccccc3)c2c1. The van der Waals surface area contributed by atoms with Crippen molar-refractivity contribution in [3.05, 3.63) is 77.9 Å². The molecule has 0 spiro atoms. The van der Waals surface area contributed by atoms with Gasteiger partial charge < -0.3 is 10.2 Å². The zero-order valence-electron chi connectivity index (χ0n) is 16.5. The van der Waals surface area contributed by atoms with Crippen molar-refractivity contribution in [3.63, 3.8) is 0 Å². The lowest BCUT2D eigenvalue weighted by molar-refractivity contribution is -0.120. The van der Waals surface area contributed by atoms with Crippen molar-refractivity contribution in [3.8, 4) is 0 Å². The van der Waals surface area contributed by atoms with E-state index in [1.54, 1.807) is 0 Å². The van der Waals surface area contributed by atoms with E-state index in [9.17, 15) is 9.59 Å². The molecule has 3 aromatic rings. The molecule has 1 amide bonds. The minimum absolute atomic E-state index is 0.0302. The maximum atomic E-state index is 12.2. The summed E-state index contributed by atoms with van der Waals surface area (Å²) in [5.74, 6) is 0.0302. The zero-order valence-corrected chi connectivity index (χ0v) is 17.3. The molecule has 0 saturated heterocycles. The van der Waals surface area contributed by atoms with Gasteiger partial charge in [0.05, 0.1) is 6.42 Å². The molecule has 0 fully saturated rings. The third kappa shape index (κ3) is 6.06. The van der Waals surface area contributed by atoms with E-state index in [1.165, 1.54) is 5.56 Å². The number of rotatable bonds is 9. The van der Waals surface area contributed by atoms with E-state index in [4.69, 9.17) is 11.6 Å². The van der Waals surface area contributed by atoms with Gasteiger partial charge in [-0.1, -0.05) is 54.6 Å². The largest absolute Gasteiger partial charge is 0.374 e. The Balaban J connectivity index is 1.64. The first-order valence-electron chi connectivity index (χ1n) is 9.74. The van der Waals surface area contributed by atoms with Crippen LogP contribution in [0.1, 0.15) is 17.5 Å². The van der Waals surface area contributed by atoms with Crippen LogP contribution in [0.2, 0.25) is 0 Å². The summed E-state index contributed by atoms with van der Waals surface area (Å²) in [6.45, 7) is 1.16. The molecule has 0 heterocycles. The van der Waals surface area contributed by atoms with Gasteiger partial charge in [0.25, 0.3) is 0 Å². The summed E-state index contributed by atoms with van der Waals surface area (Å²) >= 11 is 5.46. The molecule has 150 valence electrons. The van der Waals surface area contributed by atoms with Gasteiger partial charge in [-0.05, 0) is 52.1 Å². The van der Waals surface area contributed by atoms with E-state index >= 15 is 0 Å². The normalized spacial score (nSPS) is 10.7. The van der Waals surface area contributed by atoms with Crippen LogP contribution < -0.4 is 10.2 Å².